The number of aryl methyl sites for hydroxylation is 1. The highest BCUT2D eigenvalue weighted by Crippen LogP contribution is 2.34. The Morgan fingerprint density at radius 1 is 1.07 bits per heavy atom. The molecule has 0 aliphatic heterocycles. The third-order valence-corrected chi connectivity index (χ3v) is 7.75. The van der Waals surface area contributed by atoms with Gasteiger partial charge in [0.2, 0.25) is 5.91 Å². The molecular formula is C31H30FN5O3S. The van der Waals surface area contributed by atoms with Crippen LogP contribution >= 0.6 is 0 Å². The van der Waals surface area contributed by atoms with Crippen LogP contribution in [-0.2, 0) is 33.3 Å². The molecule has 210 valence electrons. The van der Waals surface area contributed by atoms with Crippen LogP contribution < -0.4 is 10.1 Å². The summed E-state index contributed by atoms with van der Waals surface area (Å²) in [5, 5.41) is 7.71. The highest BCUT2D eigenvalue weighted by molar-refractivity contribution is 7.84. The number of pyridine rings is 2. The van der Waals surface area contributed by atoms with Crippen LogP contribution in [-0.4, -0.2) is 29.9 Å². The Labute approximate surface area is 240 Å². The van der Waals surface area contributed by atoms with Crippen molar-refractivity contribution in [2.75, 3.05) is 5.32 Å². The molecule has 8 nitrogen and oxygen atoms in total. The number of fused-ring (bicyclic) bond motifs is 1. The molecule has 1 amide bonds. The third kappa shape index (κ3) is 6.66. The van der Waals surface area contributed by atoms with Crippen molar-refractivity contribution in [1.82, 2.24) is 19.7 Å². The molecule has 0 spiro atoms. The van der Waals surface area contributed by atoms with E-state index in [0.29, 0.717) is 44.1 Å². The Kier molecular flexibility index (Phi) is 7.94. The Bertz CT molecular complexity index is 1730. The molecular weight excluding hydrogens is 541 g/mol. The number of halogens is 1. The SMILES string of the molecule is Cc1cc(CC(=O)Nc2cnn(C(C)(C)C)c2)cc(F)c1Oc1ccnc2ccc(S(=O)Cc3cccnc3)cc12. The highest BCUT2D eigenvalue weighted by atomic mass is 32.2. The number of anilines is 1. The number of rotatable bonds is 8. The minimum Gasteiger partial charge on any atom is -0.453 e. The lowest BCUT2D eigenvalue weighted by molar-refractivity contribution is -0.115. The summed E-state index contributed by atoms with van der Waals surface area (Å²) in [6.07, 6.45) is 8.28. The predicted molar refractivity (Wildman–Crippen MR) is 157 cm³/mol. The maximum Gasteiger partial charge on any atom is 0.228 e. The van der Waals surface area contributed by atoms with E-state index in [2.05, 4.69) is 20.4 Å². The van der Waals surface area contributed by atoms with Gasteiger partial charge in [0.1, 0.15) is 5.75 Å². The number of nitrogens with zero attached hydrogens (tertiary/aromatic N) is 4. The van der Waals surface area contributed by atoms with Crippen LogP contribution in [0.4, 0.5) is 10.1 Å². The van der Waals surface area contributed by atoms with Crippen LogP contribution in [0.5, 0.6) is 11.5 Å². The fourth-order valence-electron chi connectivity index (χ4n) is 4.34. The zero-order chi connectivity index (χ0) is 29.1. The van der Waals surface area contributed by atoms with Crippen molar-refractivity contribution < 1.29 is 18.1 Å². The molecule has 10 heteroatoms. The van der Waals surface area contributed by atoms with E-state index in [9.17, 15) is 9.00 Å². The van der Waals surface area contributed by atoms with E-state index in [1.54, 1.807) is 79.0 Å². The Hall–Kier alpha value is -4.44. The number of benzene rings is 2. The van der Waals surface area contributed by atoms with E-state index < -0.39 is 16.6 Å². The molecule has 0 aliphatic carbocycles. The first-order valence-corrected chi connectivity index (χ1v) is 14.4. The van der Waals surface area contributed by atoms with Gasteiger partial charge in [-0.2, -0.15) is 5.10 Å². The molecule has 0 saturated heterocycles. The van der Waals surface area contributed by atoms with Crippen LogP contribution in [0.25, 0.3) is 10.9 Å². The lowest BCUT2D eigenvalue weighted by Crippen LogP contribution is -2.22. The van der Waals surface area contributed by atoms with Crippen LogP contribution in [0.15, 0.2) is 84.4 Å². The molecule has 0 bridgehead atoms. The molecule has 1 atom stereocenters. The molecule has 5 rings (SSSR count). The van der Waals surface area contributed by atoms with Crippen molar-refractivity contribution in [3.63, 3.8) is 0 Å². The first-order chi connectivity index (χ1) is 19.6. The number of hydrogen-bond donors (Lipinski definition) is 1. The summed E-state index contributed by atoms with van der Waals surface area (Å²) in [6.45, 7) is 7.77. The average molecular weight is 572 g/mol. The minimum absolute atomic E-state index is 0.0109. The van der Waals surface area contributed by atoms with Gasteiger partial charge >= 0.3 is 0 Å². The van der Waals surface area contributed by atoms with Crippen molar-refractivity contribution in [2.24, 2.45) is 0 Å². The largest absolute Gasteiger partial charge is 0.453 e. The van der Waals surface area contributed by atoms with Crippen molar-refractivity contribution >= 4 is 33.3 Å². The fourth-order valence-corrected chi connectivity index (χ4v) is 5.45. The normalized spacial score (nSPS) is 12.3. The third-order valence-electron chi connectivity index (χ3n) is 6.38. The summed E-state index contributed by atoms with van der Waals surface area (Å²) in [4.78, 5) is 21.7. The molecule has 2 aromatic carbocycles. The van der Waals surface area contributed by atoms with Crippen molar-refractivity contribution in [2.45, 2.75) is 50.3 Å². The molecule has 0 radical (unpaired) electrons. The lowest BCUT2D eigenvalue weighted by atomic mass is 10.1. The summed E-state index contributed by atoms with van der Waals surface area (Å²) in [6, 6.07) is 13.7. The standard InChI is InChI=1S/C31H30FN5O3S/c1-20-12-22(14-29(38)36-23-17-35-37(18-23)31(2,3)4)13-26(32)30(20)40-28-9-11-34-27-8-7-24(15-25(27)28)41(39)19-21-6-5-10-33-16-21/h5-13,15-18H,14,19H2,1-4H3,(H,36,38). The highest BCUT2D eigenvalue weighted by Gasteiger charge is 2.17. The second-order valence-corrected chi connectivity index (χ2v) is 12.2. The number of ether oxygens (including phenoxy) is 1. The van der Waals surface area contributed by atoms with Crippen LogP contribution in [0.1, 0.15) is 37.5 Å². The Balaban J connectivity index is 1.33. The van der Waals surface area contributed by atoms with Crippen molar-refractivity contribution in [1.29, 1.82) is 0 Å². The van der Waals surface area contributed by atoms with Gasteiger partial charge in [0.25, 0.3) is 0 Å². The molecule has 0 fully saturated rings. The summed E-state index contributed by atoms with van der Waals surface area (Å²) in [7, 11) is -1.32. The molecule has 1 unspecified atom stereocenters. The van der Waals surface area contributed by atoms with Crippen molar-refractivity contribution in [3.8, 4) is 11.5 Å². The molecule has 5 aromatic rings. The lowest BCUT2D eigenvalue weighted by Gasteiger charge is -2.18. The summed E-state index contributed by atoms with van der Waals surface area (Å²) >= 11 is 0. The van der Waals surface area contributed by atoms with Crippen LogP contribution in [0, 0.1) is 12.7 Å². The summed E-state index contributed by atoms with van der Waals surface area (Å²) in [5.41, 5.74) is 2.91. The number of carbonyl (C=O) groups excluding carboxylic acids is 1. The van der Waals surface area contributed by atoms with Gasteiger partial charge in [-0.15, -0.1) is 0 Å². The summed E-state index contributed by atoms with van der Waals surface area (Å²) < 4.78 is 36.2. The molecule has 3 aromatic heterocycles. The minimum atomic E-state index is -1.32. The first kappa shape index (κ1) is 28.1. The van der Waals surface area contributed by atoms with Gasteiger partial charge in [-0.3, -0.25) is 23.7 Å². The number of hydrogen-bond acceptors (Lipinski definition) is 6. The van der Waals surface area contributed by atoms with Gasteiger partial charge < -0.3 is 10.1 Å². The van der Waals surface area contributed by atoms with Gasteiger partial charge in [0.15, 0.2) is 11.6 Å². The van der Waals surface area contributed by atoms with Gasteiger partial charge in [-0.25, -0.2) is 4.39 Å². The monoisotopic (exact) mass is 571 g/mol. The zero-order valence-corrected chi connectivity index (χ0v) is 24.0. The van der Waals surface area contributed by atoms with Gasteiger partial charge in [0.05, 0.1) is 45.9 Å². The maximum absolute atomic E-state index is 15.3. The predicted octanol–water partition coefficient (Wildman–Crippen LogP) is 6.31. The van der Waals surface area contributed by atoms with Gasteiger partial charge in [0, 0.05) is 35.1 Å². The second-order valence-electron chi connectivity index (χ2n) is 10.7. The van der Waals surface area contributed by atoms with E-state index in [4.69, 9.17) is 4.74 Å². The molecule has 3 heterocycles. The van der Waals surface area contributed by atoms with Gasteiger partial charge in [-0.1, -0.05) is 12.1 Å². The van der Waals surface area contributed by atoms with E-state index in [1.807, 2.05) is 26.8 Å². The van der Waals surface area contributed by atoms with Crippen LogP contribution in [0.3, 0.4) is 0 Å². The zero-order valence-electron chi connectivity index (χ0n) is 23.2. The second kappa shape index (κ2) is 11.6. The number of aromatic nitrogens is 4. The van der Waals surface area contributed by atoms with Gasteiger partial charge in [-0.05, 0) is 80.8 Å². The fraction of sp³-hybridized carbons (Fsp3) is 0.226. The quantitative estimate of drug-likeness (QED) is 0.234. The number of amides is 1. The van der Waals surface area contributed by atoms with Crippen molar-refractivity contribution in [3.05, 3.63) is 102 Å². The Morgan fingerprint density at radius 3 is 2.61 bits per heavy atom. The molecule has 0 aliphatic rings. The van der Waals surface area contributed by atoms with E-state index in [-0.39, 0.29) is 23.6 Å². The van der Waals surface area contributed by atoms with Crippen LogP contribution in [0.2, 0.25) is 0 Å². The smallest absolute Gasteiger partial charge is 0.228 e. The first-order valence-electron chi connectivity index (χ1n) is 13.0. The topological polar surface area (TPSA) is 99.0 Å². The Morgan fingerprint density at radius 2 is 1.90 bits per heavy atom. The van der Waals surface area contributed by atoms with E-state index in [0.717, 1.165) is 5.56 Å². The number of nitrogens with one attached hydrogen (secondary N) is 1. The van der Waals surface area contributed by atoms with E-state index in [1.165, 1.54) is 6.07 Å². The summed E-state index contributed by atoms with van der Waals surface area (Å²) in [5.74, 6) is -0.113. The maximum atomic E-state index is 15.3. The number of carbonyl (C=O) groups is 1. The molecule has 0 saturated carbocycles. The molecule has 41 heavy (non-hydrogen) atoms. The average Bonchev–Trinajstić information content (AvgIpc) is 3.40. The molecule has 1 N–H and O–H groups in total. The van der Waals surface area contributed by atoms with E-state index >= 15 is 4.39 Å².